The molecule has 96 valence electrons. The Labute approximate surface area is 110 Å². The topological polar surface area (TPSA) is 69.7 Å². The smallest absolute Gasteiger partial charge is 0.0938 e. The minimum absolute atomic E-state index is 0.000648. The van der Waals surface area contributed by atoms with Crippen LogP contribution in [0.15, 0.2) is 12.1 Å². The highest BCUT2D eigenvalue weighted by Crippen LogP contribution is 2.34. The quantitative estimate of drug-likeness (QED) is 0.765. The van der Waals surface area contributed by atoms with Gasteiger partial charge in [-0.1, -0.05) is 11.6 Å². The predicted molar refractivity (Wildman–Crippen MR) is 69.3 cm³/mol. The third kappa shape index (κ3) is 2.81. The van der Waals surface area contributed by atoms with Gasteiger partial charge in [0, 0.05) is 24.0 Å². The van der Waals surface area contributed by atoms with Crippen LogP contribution in [-0.2, 0) is 0 Å². The molecule has 6 heteroatoms. The number of hydrogen-bond acceptors (Lipinski definition) is 5. The minimum atomic E-state index is -0.688. The average Bonchev–Trinajstić information content (AvgIpc) is 2.76. The van der Waals surface area contributed by atoms with E-state index in [-0.39, 0.29) is 12.1 Å². The lowest BCUT2D eigenvalue weighted by Crippen LogP contribution is -2.38. The minimum Gasteiger partial charge on any atom is -0.389 e. The molecule has 0 spiro atoms. The number of likely N-dealkylation sites (tertiary alicyclic amines) is 1. The number of aliphatic hydroxyl groups is 2. The molecule has 2 heterocycles. The standard InChI is InChI=1S/C11H17ClN2O2S/c1-6(13)11(9-2-3-10(12)17-9)14-4-7(15)8(16)5-14/h2-3,6-8,11,15-16H,4-5,13H2,1H3. The summed E-state index contributed by atoms with van der Waals surface area (Å²) in [6.45, 7) is 2.82. The fraction of sp³-hybridized carbons (Fsp3) is 0.636. The van der Waals surface area contributed by atoms with Crippen molar-refractivity contribution < 1.29 is 10.2 Å². The van der Waals surface area contributed by atoms with Crippen LogP contribution < -0.4 is 5.73 Å². The molecule has 2 rings (SSSR count). The number of nitrogens with zero attached hydrogens (tertiary/aromatic N) is 1. The normalized spacial score (nSPS) is 29.5. The maximum absolute atomic E-state index is 9.60. The molecular weight excluding hydrogens is 260 g/mol. The highest BCUT2D eigenvalue weighted by atomic mass is 35.5. The molecule has 1 fully saturated rings. The number of halogens is 1. The van der Waals surface area contributed by atoms with Gasteiger partial charge in [-0.25, -0.2) is 0 Å². The zero-order valence-corrected chi connectivity index (χ0v) is 11.2. The third-order valence-electron chi connectivity index (χ3n) is 3.06. The van der Waals surface area contributed by atoms with E-state index in [0.717, 1.165) is 9.21 Å². The fourth-order valence-corrected chi connectivity index (χ4v) is 3.60. The summed E-state index contributed by atoms with van der Waals surface area (Å²) in [6.07, 6.45) is -1.38. The SMILES string of the molecule is CC(N)C(c1ccc(Cl)s1)N1CC(O)C(O)C1. The van der Waals surface area contributed by atoms with Gasteiger partial charge in [-0.15, -0.1) is 11.3 Å². The van der Waals surface area contributed by atoms with E-state index in [1.165, 1.54) is 11.3 Å². The third-order valence-corrected chi connectivity index (χ3v) is 4.37. The number of aliphatic hydroxyl groups excluding tert-OH is 2. The molecule has 4 N–H and O–H groups in total. The van der Waals surface area contributed by atoms with Crippen molar-refractivity contribution in [3.8, 4) is 0 Å². The van der Waals surface area contributed by atoms with Crippen LogP contribution in [0.1, 0.15) is 17.8 Å². The largest absolute Gasteiger partial charge is 0.389 e. The van der Waals surface area contributed by atoms with Crippen LogP contribution >= 0.6 is 22.9 Å². The van der Waals surface area contributed by atoms with E-state index in [9.17, 15) is 10.2 Å². The summed E-state index contributed by atoms with van der Waals surface area (Å²) in [5.41, 5.74) is 6.01. The Kier molecular flexibility index (Phi) is 4.07. The molecule has 0 saturated carbocycles. The van der Waals surface area contributed by atoms with Gasteiger partial charge < -0.3 is 15.9 Å². The maximum atomic E-state index is 9.60. The van der Waals surface area contributed by atoms with Gasteiger partial charge in [0.25, 0.3) is 0 Å². The lowest BCUT2D eigenvalue weighted by atomic mass is 10.1. The summed E-state index contributed by atoms with van der Waals surface area (Å²) in [6, 6.07) is 3.72. The Bertz CT molecular complexity index is 375. The number of rotatable bonds is 3. The summed E-state index contributed by atoms with van der Waals surface area (Å²) >= 11 is 7.43. The summed E-state index contributed by atoms with van der Waals surface area (Å²) in [4.78, 5) is 3.09. The molecular formula is C11H17ClN2O2S. The van der Waals surface area contributed by atoms with E-state index in [4.69, 9.17) is 17.3 Å². The summed E-state index contributed by atoms with van der Waals surface area (Å²) in [7, 11) is 0. The van der Waals surface area contributed by atoms with Crippen molar-refractivity contribution in [2.24, 2.45) is 5.73 Å². The second-order valence-corrected chi connectivity index (χ2v) is 6.28. The van der Waals surface area contributed by atoms with Crippen molar-refractivity contribution in [2.45, 2.75) is 31.2 Å². The maximum Gasteiger partial charge on any atom is 0.0938 e. The summed E-state index contributed by atoms with van der Waals surface area (Å²) in [5, 5.41) is 19.2. The highest BCUT2D eigenvalue weighted by Gasteiger charge is 2.36. The van der Waals surface area contributed by atoms with Crippen LogP contribution in [0.25, 0.3) is 0 Å². The molecule has 1 aromatic heterocycles. The first-order valence-corrected chi connectivity index (χ1v) is 6.79. The Morgan fingerprint density at radius 2 is 2.00 bits per heavy atom. The lowest BCUT2D eigenvalue weighted by Gasteiger charge is -2.29. The average molecular weight is 277 g/mol. The first-order valence-electron chi connectivity index (χ1n) is 5.60. The molecule has 4 unspecified atom stereocenters. The van der Waals surface area contributed by atoms with Crippen LogP contribution in [0, 0.1) is 0 Å². The van der Waals surface area contributed by atoms with Crippen LogP contribution in [0.5, 0.6) is 0 Å². The van der Waals surface area contributed by atoms with Crippen LogP contribution in [0.2, 0.25) is 4.34 Å². The highest BCUT2D eigenvalue weighted by molar-refractivity contribution is 7.16. The molecule has 0 radical (unpaired) electrons. The van der Waals surface area contributed by atoms with E-state index >= 15 is 0 Å². The molecule has 0 amide bonds. The summed E-state index contributed by atoms with van der Waals surface area (Å²) < 4.78 is 0.728. The van der Waals surface area contributed by atoms with Gasteiger partial charge in [-0.2, -0.15) is 0 Å². The van der Waals surface area contributed by atoms with Gasteiger partial charge in [0.15, 0.2) is 0 Å². The van der Waals surface area contributed by atoms with Crippen LogP contribution in [-0.4, -0.2) is 46.5 Å². The Hall–Kier alpha value is -0.170. The van der Waals surface area contributed by atoms with E-state index in [1.54, 1.807) is 0 Å². The molecule has 0 bridgehead atoms. The van der Waals surface area contributed by atoms with E-state index in [2.05, 4.69) is 0 Å². The Balaban J connectivity index is 2.19. The van der Waals surface area contributed by atoms with Crippen LogP contribution in [0.3, 0.4) is 0 Å². The molecule has 1 saturated heterocycles. The van der Waals surface area contributed by atoms with Gasteiger partial charge in [0.1, 0.15) is 0 Å². The van der Waals surface area contributed by atoms with Crippen molar-refractivity contribution in [1.82, 2.24) is 4.90 Å². The van der Waals surface area contributed by atoms with Crippen molar-refractivity contribution >= 4 is 22.9 Å². The molecule has 1 aliphatic rings. The number of nitrogens with two attached hydrogens (primary N) is 1. The van der Waals surface area contributed by atoms with E-state index < -0.39 is 12.2 Å². The zero-order valence-electron chi connectivity index (χ0n) is 9.58. The summed E-state index contributed by atoms with van der Waals surface area (Å²) in [5.74, 6) is 0. The molecule has 1 aromatic rings. The van der Waals surface area contributed by atoms with Crippen molar-refractivity contribution in [3.05, 3.63) is 21.3 Å². The van der Waals surface area contributed by atoms with Crippen molar-refractivity contribution in [2.75, 3.05) is 13.1 Å². The predicted octanol–water partition coefficient (Wildman–Crippen LogP) is 0.827. The van der Waals surface area contributed by atoms with E-state index in [0.29, 0.717) is 13.1 Å². The number of thiophene rings is 1. The monoisotopic (exact) mass is 276 g/mol. The van der Waals surface area contributed by atoms with Gasteiger partial charge in [-0.3, -0.25) is 4.90 Å². The van der Waals surface area contributed by atoms with Crippen molar-refractivity contribution in [1.29, 1.82) is 0 Å². The fourth-order valence-electron chi connectivity index (χ4n) is 2.28. The Morgan fingerprint density at radius 3 is 2.41 bits per heavy atom. The lowest BCUT2D eigenvalue weighted by molar-refractivity contribution is 0.0572. The van der Waals surface area contributed by atoms with Gasteiger partial charge in [0.05, 0.1) is 22.6 Å². The number of β-amino-alcohol motifs (C(OH)–C–C–N with tert-alkyl or cyclic N) is 2. The van der Waals surface area contributed by atoms with Gasteiger partial charge in [0.2, 0.25) is 0 Å². The van der Waals surface area contributed by atoms with E-state index in [1.807, 2.05) is 24.0 Å². The molecule has 4 atom stereocenters. The van der Waals surface area contributed by atoms with Gasteiger partial charge >= 0.3 is 0 Å². The Morgan fingerprint density at radius 1 is 1.41 bits per heavy atom. The van der Waals surface area contributed by atoms with Crippen LogP contribution in [0.4, 0.5) is 0 Å². The van der Waals surface area contributed by atoms with Gasteiger partial charge in [-0.05, 0) is 19.1 Å². The first kappa shape index (κ1) is 13.3. The second kappa shape index (κ2) is 5.22. The molecule has 0 aliphatic carbocycles. The molecule has 0 aromatic carbocycles. The zero-order chi connectivity index (χ0) is 12.6. The molecule has 17 heavy (non-hydrogen) atoms. The molecule has 4 nitrogen and oxygen atoms in total. The number of hydrogen-bond donors (Lipinski definition) is 3. The molecule has 1 aliphatic heterocycles. The van der Waals surface area contributed by atoms with Crippen molar-refractivity contribution in [3.63, 3.8) is 0 Å². The second-order valence-electron chi connectivity index (χ2n) is 4.53. The first-order chi connectivity index (χ1) is 7.99.